The first-order valence-electron chi connectivity index (χ1n) is 9.68. The van der Waals surface area contributed by atoms with Crippen LogP contribution in [0.25, 0.3) is 0 Å². The zero-order chi connectivity index (χ0) is 19.4. The maximum atomic E-state index is 10.0. The summed E-state index contributed by atoms with van der Waals surface area (Å²) in [5, 5.41) is 17.0. The first-order valence-corrected chi connectivity index (χ1v) is 9.68. The molecule has 7 nitrogen and oxygen atoms in total. The molecule has 2 heterocycles. The molecule has 1 aromatic rings. The summed E-state index contributed by atoms with van der Waals surface area (Å²) in [6.07, 6.45) is 6.27. The number of hydrogen-bond donors (Lipinski definition) is 3. The van der Waals surface area contributed by atoms with Crippen LogP contribution in [0.2, 0.25) is 0 Å². The van der Waals surface area contributed by atoms with E-state index in [0.29, 0.717) is 36.2 Å². The molecule has 0 radical (unpaired) electrons. The molecule has 8 heteroatoms. The van der Waals surface area contributed by atoms with Crippen LogP contribution in [0.4, 0.5) is 0 Å². The number of nitrogens with one attached hydrogen (secondary N) is 2. The third-order valence-electron chi connectivity index (χ3n) is 5.90. The third-order valence-corrected chi connectivity index (χ3v) is 5.90. The van der Waals surface area contributed by atoms with E-state index in [0.717, 1.165) is 24.4 Å². The topological polar surface area (TPSA) is 78.4 Å². The standard InChI is InChI=1S/C20H32N4O3.HI/c1-21-20(23-14-10-15-6-5-7-16(11-14)24(15)2)22-12-13-8-17(26-3)19(25)18(9-13)27-4;/h8-9,14-16,25H,5-7,10-12H2,1-4H3,(H2,21,22,23);1H. The zero-order valence-electron chi connectivity index (χ0n) is 17.2. The van der Waals surface area contributed by atoms with E-state index in [1.54, 1.807) is 19.2 Å². The number of fused-ring (bicyclic) bond motifs is 2. The van der Waals surface area contributed by atoms with E-state index in [9.17, 15) is 5.11 Å². The van der Waals surface area contributed by atoms with Crippen molar-refractivity contribution in [2.75, 3.05) is 28.3 Å². The fourth-order valence-corrected chi connectivity index (χ4v) is 4.36. The van der Waals surface area contributed by atoms with Gasteiger partial charge in [-0.05, 0) is 50.4 Å². The van der Waals surface area contributed by atoms with Gasteiger partial charge >= 0.3 is 0 Å². The monoisotopic (exact) mass is 504 g/mol. The Morgan fingerprint density at radius 3 is 2.25 bits per heavy atom. The fraction of sp³-hybridized carbons (Fsp3) is 0.650. The number of ether oxygens (including phenoxy) is 2. The number of methoxy groups -OCH3 is 2. The maximum Gasteiger partial charge on any atom is 0.200 e. The second-order valence-electron chi connectivity index (χ2n) is 7.49. The molecule has 2 saturated heterocycles. The number of aliphatic imine (C=N–C) groups is 1. The van der Waals surface area contributed by atoms with Crippen molar-refractivity contribution in [3.05, 3.63) is 17.7 Å². The second-order valence-corrected chi connectivity index (χ2v) is 7.49. The van der Waals surface area contributed by atoms with Crippen molar-refractivity contribution in [3.8, 4) is 17.2 Å². The van der Waals surface area contributed by atoms with Gasteiger partial charge in [0.1, 0.15) is 0 Å². The summed E-state index contributed by atoms with van der Waals surface area (Å²) in [6, 6.07) is 5.42. The van der Waals surface area contributed by atoms with E-state index in [1.807, 2.05) is 0 Å². The summed E-state index contributed by atoms with van der Waals surface area (Å²) in [5.41, 5.74) is 0.949. The van der Waals surface area contributed by atoms with Gasteiger partial charge in [0, 0.05) is 31.7 Å². The summed E-state index contributed by atoms with van der Waals surface area (Å²) in [4.78, 5) is 6.94. The van der Waals surface area contributed by atoms with Gasteiger partial charge in [-0.25, -0.2) is 0 Å². The van der Waals surface area contributed by atoms with Crippen LogP contribution in [0.5, 0.6) is 17.2 Å². The lowest BCUT2D eigenvalue weighted by atomic mass is 9.82. The highest BCUT2D eigenvalue weighted by Gasteiger charge is 2.36. The molecule has 0 spiro atoms. The van der Waals surface area contributed by atoms with E-state index >= 15 is 0 Å². The van der Waals surface area contributed by atoms with Crippen LogP contribution >= 0.6 is 24.0 Å². The molecular formula is C20H33IN4O3. The van der Waals surface area contributed by atoms with Crippen molar-refractivity contribution in [1.82, 2.24) is 15.5 Å². The van der Waals surface area contributed by atoms with Crippen molar-refractivity contribution in [1.29, 1.82) is 0 Å². The number of benzene rings is 1. The molecule has 2 aliphatic heterocycles. The van der Waals surface area contributed by atoms with Crippen LogP contribution in [0.1, 0.15) is 37.7 Å². The summed E-state index contributed by atoms with van der Waals surface area (Å²) < 4.78 is 10.5. The molecule has 2 aliphatic rings. The number of phenols is 1. The lowest BCUT2D eigenvalue weighted by Crippen LogP contribution is -2.56. The summed E-state index contributed by atoms with van der Waals surface area (Å²) in [7, 11) is 7.12. The fourth-order valence-electron chi connectivity index (χ4n) is 4.36. The Hall–Kier alpha value is -1.42. The van der Waals surface area contributed by atoms with E-state index in [2.05, 4.69) is 27.6 Å². The van der Waals surface area contributed by atoms with Crippen LogP contribution < -0.4 is 20.1 Å². The van der Waals surface area contributed by atoms with Crippen molar-refractivity contribution in [3.63, 3.8) is 0 Å². The van der Waals surface area contributed by atoms with E-state index in [-0.39, 0.29) is 29.7 Å². The Labute approximate surface area is 184 Å². The van der Waals surface area contributed by atoms with Crippen molar-refractivity contribution >= 4 is 29.9 Å². The highest BCUT2D eigenvalue weighted by Crippen LogP contribution is 2.37. The molecule has 0 aromatic heterocycles. The average molecular weight is 504 g/mol. The maximum absolute atomic E-state index is 10.0. The van der Waals surface area contributed by atoms with Crippen LogP contribution in [0.3, 0.4) is 0 Å². The average Bonchev–Trinajstić information content (AvgIpc) is 2.66. The number of hydrogen-bond acceptors (Lipinski definition) is 5. The summed E-state index contributed by atoms with van der Waals surface area (Å²) in [5.74, 6) is 1.62. The molecule has 0 aliphatic carbocycles. The first kappa shape index (κ1) is 22.9. The van der Waals surface area contributed by atoms with Gasteiger partial charge < -0.3 is 30.1 Å². The highest BCUT2D eigenvalue weighted by atomic mass is 127. The minimum atomic E-state index is 0. The van der Waals surface area contributed by atoms with Crippen LogP contribution in [-0.2, 0) is 6.54 Å². The van der Waals surface area contributed by atoms with Gasteiger partial charge in [-0.3, -0.25) is 4.99 Å². The predicted octanol–water partition coefficient (Wildman–Crippen LogP) is 2.71. The molecule has 2 unspecified atom stereocenters. The molecule has 0 saturated carbocycles. The molecule has 0 amide bonds. The van der Waals surface area contributed by atoms with E-state index in [1.165, 1.54) is 33.5 Å². The summed E-state index contributed by atoms with van der Waals surface area (Å²) >= 11 is 0. The quantitative estimate of drug-likeness (QED) is 0.325. The van der Waals surface area contributed by atoms with Gasteiger partial charge in [-0.15, -0.1) is 24.0 Å². The molecular weight excluding hydrogens is 471 g/mol. The Bertz CT molecular complexity index is 646. The normalized spacial score (nSPS) is 24.9. The van der Waals surface area contributed by atoms with E-state index < -0.39 is 0 Å². The van der Waals surface area contributed by atoms with Crippen LogP contribution in [0.15, 0.2) is 17.1 Å². The SMILES string of the molecule is CN=C(NCc1cc(OC)c(O)c(OC)c1)NC1CC2CCCC(C1)N2C.I. The lowest BCUT2D eigenvalue weighted by Gasteiger charge is -2.47. The Kier molecular flexibility index (Phi) is 8.48. The van der Waals surface area contributed by atoms with Crippen LogP contribution in [0, 0.1) is 0 Å². The molecule has 2 atom stereocenters. The molecule has 28 heavy (non-hydrogen) atoms. The molecule has 3 rings (SSSR count). The third kappa shape index (κ3) is 5.14. The number of nitrogens with zero attached hydrogens (tertiary/aromatic N) is 2. The number of phenolic OH excluding ortho intramolecular Hbond substituents is 1. The van der Waals surface area contributed by atoms with Gasteiger partial charge in [0.15, 0.2) is 17.5 Å². The van der Waals surface area contributed by atoms with Crippen molar-refractivity contribution in [2.45, 2.75) is 56.8 Å². The molecule has 3 N–H and O–H groups in total. The Morgan fingerprint density at radius 2 is 1.75 bits per heavy atom. The van der Waals surface area contributed by atoms with Crippen molar-refractivity contribution < 1.29 is 14.6 Å². The van der Waals surface area contributed by atoms with Gasteiger partial charge in [0.05, 0.1) is 14.2 Å². The zero-order valence-corrected chi connectivity index (χ0v) is 19.5. The smallest absolute Gasteiger partial charge is 0.200 e. The number of halogens is 1. The molecule has 2 bridgehead atoms. The predicted molar refractivity (Wildman–Crippen MR) is 122 cm³/mol. The first-order chi connectivity index (χ1) is 13.0. The number of guanidine groups is 1. The Morgan fingerprint density at radius 1 is 1.18 bits per heavy atom. The second kappa shape index (κ2) is 10.4. The van der Waals surface area contributed by atoms with Gasteiger partial charge in [-0.2, -0.15) is 0 Å². The van der Waals surface area contributed by atoms with E-state index in [4.69, 9.17) is 9.47 Å². The minimum Gasteiger partial charge on any atom is -0.502 e. The lowest BCUT2D eigenvalue weighted by molar-refractivity contribution is 0.0526. The largest absolute Gasteiger partial charge is 0.502 e. The highest BCUT2D eigenvalue weighted by molar-refractivity contribution is 14.0. The number of rotatable bonds is 5. The number of aromatic hydroxyl groups is 1. The molecule has 2 fully saturated rings. The minimum absolute atomic E-state index is 0. The number of piperidine rings is 2. The van der Waals surface area contributed by atoms with Crippen LogP contribution in [-0.4, -0.2) is 62.4 Å². The van der Waals surface area contributed by atoms with Gasteiger partial charge in [-0.1, -0.05) is 6.42 Å². The van der Waals surface area contributed by atoms with Gasteiger partial charge in [0.2, 0.25) is 5.75 Å². The molecule has 1 aromatic carbocycles. The summed E-state index contributed by atoms with van der Waals surface area (Å²) in [6.45, 7) is 0.562. The molecule has 158 valence electrons. The Balaban J connectivity index is 0.00000280. The van der Waals surface area contributed by atoms with Gasteiger partial charge in [0.25, 0.3) is 0 Å². The van der Waals surface area contributed by atoms with Crippen molar-refractivity contribution in [2.24, 2.45) is 4.99 Å².